The lowest BCUT2D eigenvalue weighted by Gasteiger charge is -2.34. The molecule has 0 saturated heterocycles. The van der Waals surface area contributed by atoms with E-state index in [2.05, 4.69) is 6.08 Å². The maximum absolute atomic E-state index is 10.3. The third kappa shape index (κ3) is 3.48. The summed E-state index contributed by atoms with van der Waals surface area (Å²) >= 11 is 1.64. The monoisotopic (exact) mass is 232 g/mol. The van der Waals surface area contributed by atoms with E-state index in [0.717, 1.165) is 0 Å². The average Bonchev–Trinajstić information content (AvgIpc) is 2.31. The zero-order valence-electron chi connectivity index (χ0n) is 9.60. The summed E-state index contributed by atoms with van der Waals surface area (Å²) in [6, 6.07) is 0. The molecule has 15 heavy (non-hydrogen) atoms. The summed E-state index contributed by atoms with van der Waals surface area (Å²) in [7, 11) is 3.35. The van der Waals surface area contributed by atoms with Crippen LogP contribution in [0.3, 0.4) is 0 Å². The second-order valence-electron chi connectivity index (χ2n) is 4.18. The smallest absolute Gasteiger partial charge is 0.0769 e. The summed E-state index contributed by atoms with van der Waals surface area (Å²) in [4.78, 5) is 0. The van der Waals surface area contributed by atoms with Crippen molar-refractivity contribution in [3.63, 3.8) is 0 Å². The van der Waals surface area contributed by atoms with Crippen LogP contribution in [-0.2, 0) is 9.47 Å². The maximum Gasteiger partial charge on any atom is 0.0769 e. The van der Waals surface area contributed by atoms with Crippen LogP contribution in [0.5, 0.6) is 0 Å². The van der Waals surface area contributed by atoms with Crippen LogP contribution >= 0.6 is 11.8 Å². The van der Waals surface area contributed by atoms with Crippen LogP contribution in [0, 0.1) is 11.8 Å². The molecule has 1 N–H and O–H groups in total. The lowest BCUT2D eigenvalue weighted by atomic mass is 9.81. The van der Waals surface area contributed by atoms with E-state index in [0.29, 0.717) is 19.0 Å². The summed E-state index contributed by atoms with van der Waals surface area (Å²) in [5.74, 6) is 1.02. The van der Waals surface area contributed by atoms with Crippen LogP contribution in [0.15, 0.2) is 11.5 Å². The number of methoxy groups -OCH3 is 2. The summed E-state index contributed by atoms with van der Waals surface area (Å²) in [6.07, 6.45) is 2.11. The van der Waals surface area contributed by atoms with E-state index < -0.39 is 5.60 Å². The zero-order chi connectivity index (χ0) is 11.3. The molecule has 1 rings (SSSR count). The Morgan fingerprint density at radius 3 is 2.67 bits per heavy atom. The molecule has 0 fully saturated rings. The van der Waals surface area contributed by atoms with Gasteiger partial charge in [-0.3, -0.25) is 0 Å². The van der Waals surface area contributed by atoms with Crippen molar-refractivity contribution in [3.8, 4) is 0 Å². The first kappa shape index (κ1) is 13.0. The molecule has 1 aliphatic rings. The van der Waals surface area contributed by atoms with Gasteiger partial charge in [0.05, 0.1) is 18.8 Å². The summed E-state index contributed by atoms with van der Waals surface area (Å²) < 4.78 is 10.4. The molecular weight excluding hydrogens is 212 g/mol. The first-order chi connectivity index (χ1) is 7.11. The van der Waals surface area contributed by atoms with E-state index in [1.807, 2.05) is 12.3 Å². The molecule has 4 heteroatoms. The third-order valence-corrected chi connectivity index (χ3v) is 3.92. The fourth-order valence-electron chi connectivity index (χ4n) is 1.92. The van der Waals surface area contributed by atoms with Gasteiger partial charge in [0.15, 0.2) is 0 Å². The number of aliphatic hydroxyl groups is 1. The number of rotatable bonds is 4. The van der Waals surface area contributed by atoms with Crippen molar-refractivity contribution in [1.82, 2.24) is 0 Å². The molecule has 0 amide bonds. The molecule has 1 heterocycles. The van der Waals surface area contributed by atoms with Crippen molar-refractivity contribution in [2.24, 2.45) is 11.8 Å². The molecule has 0 saturated carbocycles. The van der Waals surface area contributed by atoms with Crippen LogP contribution in [0.2, 0.25) is 0 Å². The molecule has 3 atom stereocenters. The van der Waals surface area contributed by atoms with Crippen LogP contribution in [0.4, 0.5) is 0 Å². The highest BCUT2D eigenvalue weighted by molar-refractivity contribution is 8.02. The highest BCUT2D eigenvalue weighted by atomic mass is 32.2. The van der Waals surface area contributed by atoms with Crippen molar-refractivity contribution in [1.29, 1.82) is 0 Å². The lowest BCUT2D eigenvalue weighted by Crippen LogP contribution is -2.44. The quantitative estimate of drug-likeness (QED) is 0.797. The summed E-state index contributed by atoms with van der Waals surface area (Å²) in [5, 5.41) is 12.4. The Bertz CT molecular complexity index is 216. The Hall–Kier alpha value is -0.0300. The van der Waals surface area contributed by atoms with Crippen molar-refractivity contribution < 1.29 is 14.6 Å². The minimum atomic E-state index is -0.701. The Balaban J connectivity index is 2.78. The van der Waals surface area contributed by atoms with Crippen LogP contribution < -0.4 is 0 Å². The zero-order valence-corrected chi connectivity index (χ0v) is 10.4. The number of ether oxygens (including phenoxy) is 2. The molecule has 88 valence electrons. The number of hydrogen-bond acceptors (Lipinski definition) is 4. The molecule has 0 aromatic carbocycles. The van der Waals surface area contributed by atoms with Crippen molar-refractivity contribution >= 4 is 11.8 Å². The van der Waals surface area contributed by atoms with E-state index >= 15 is 0 Å². The van der Waals surface area contributed by atoms with Gasteiger partial charge in [-0.15, -0.1) is 11.8 Å². The minimum absolute atomic E-state index is 0.0914. The van der Waals surface area contributed by atoms with Gasteiger partial charge < -0.3 is 14.6 Å². The molecule has 0 unspecified atom stereocenters. The number of hydrogen-bond donors (Lipinski definition) is 1. The standard InChI is InChI=1S/C11H20O3S/c1-11(12)8-15-5-4-9(6-13-2)10(11)7-14-3/h4-5,9-10,12H,6-8H2,1-3H3/t9-,10+,11-/m0/s1. The second kappa shape index (κ2) is 5.89. The highest BCUT2D eigenvalue weighted by Crippen LogP contribution is 2.33. The molecule has 0 spiro atoms. The van der Waals surface area contributed by atoms with Gasteiger partial charge in [0.1, 0.15) is 0 Å². The van der Waals surface area contributed by atoms with Gasteiger partial charge in [0, 0.05) is 31.8 Å². The SMILES string of the molecule is COC[C@@H]1[C@H](COC)C=CSC[C@]1(C)O. The third-order valence-electron chi connectivity index (χ3n) is 2.82. The van der Waals surface area contributed by atoms with Gasteiger partial charge in [0.2, 0.25) is 0 Å². The molecule has 0 aromatic rings. The molecule has 0 aliphatic carbocycles. The maximum atomic E-state index is 10.3. The van der Waals surface area contributed by atoms with Crippen molar-refractivity contribution in [2.45, 2.75) is 12.5 Å². The van der Waals surface area contributed by atoms with Gasteiger partial charge in [-0.25, -0.2) is 0 Å². The molecule has 1 aliphatic heterocycles. The molecule has 3 nitrogen and oxygen atoms in total. The van der Waals surface area contributed by atoms with E-state index in [4.69, 9.17) is 9.47 Å². The Labute approximate surface area is 95.8 Å². The number of thioether (sulfide) groups is 1. The van der Waals surface area contributed by atoms with Gasteiger partial charge in [-0.05, 0) is 12.3 Å². The van der Waals surface area contributed by atoms with Crippen LogP contribution in [0.1, 0.15) is 6.92 Å². The van der Waals surface area contributed by atoms with Crippen molar-refractivity contribution in [3.05, 3.63) is 11.5 Å². The topological polar surface area (TPSA) is 38.7 Å². The normalized spacial score (nSPS) is 36.5. The van der Waals surface area contributed by atoms with E-state index in [1.54, 1.807) is 26.0 Å². The van der Waals surface area contributed by atoms with Gasteiger partial charge in [-0.1, -0.05) is 6.08 Å². The van der Waals surface area contributed by atoms with Crippen LogP contribution in [-0.4, -0.2) is 43.9 Å². The predicted molar refractivity (Wildman–Crippen MR) is 63.0 cm³/mol. The first-order valence-electron chi connectivity index (χ1n) is 5.10. The first-order valence-corrected chi connectivity index (χ1v) is 6.15. The molecular formula is C11H20O3S. The lowest BCUT2D eigenvalue weighted by molar-refractivity contribution is -0.0448. The second-order valence-corrected chi connectivity index (χ2v) is 5.07. The molecule has 0 radical (unpaired) electrons. The van der Waals surface area contributed by atoms with E-state index in [-0.39, 0.29) is 11.8 Å². The minimum Gasteiger partial charge on any atom is -0.389 e. The average molecular weight is 232 g/mol. The Morgan fingerprint density at radius 1 is 1.40 bits per heavy atom. The van der Waals surface area contributed by atoms with Gasteiger partial charge in [0.25, 0.3) is 0 Å². The highest BCUT2D eigenvalue weighted by Gasteiger charge is 2.37. The largest absolute Gasteiger partial charge is 0.389 e. The Kier molecular flexibility index (Phi) is 5.12. The summed E-state index contributed by atoms with van der Waals surface area (Å²) in [5.41, 5.74) is -0.701. The Morgan fingerprint density at radius 2 is 2.07 bits per heavy atom. The molecule has 0 bridgehead atoms. The van der Waals surface area contributed by atoms with E-state index in [9.17, 15) is 5.11 Å². The van der Waals surface area contributed by atoms with Crippen molar-refractivity contribution in [2.75, 3.05) is 33.2 Å². The predicted octanol–water partition coefficient (Wildman–Crippen LogP) is 1.52. The van der Waals surface area contributed by atoms with Gasteiger partial charge in [-0.2, -0.15) is 0 Å². The fourth-order valence-corrected chi connectivity index (χ4v) is 2.88. The fraction of sp³-hybridized carbons (Fsp3) is 0.818. The summed E-state index contributed by atoms with van der Waals surface area (Å²) in [6.45, 7) is 3.06. The van der Waals surface area contributed by atoms with Gasteiger partial charge >= 0.3 is 0 Å². The van der Waals surface area contributed by atoms with Crippen LogP contribution in [0.25, 0.3) is 0 Å². The molecule has 0 aromatic heterocycles. The van der Waals surface area contributed by atoms with E-state index in [1.165, 1.54) is 0 Å².